The van der Waals surface area contributed by atoms with Crippen LogP contribution in [0.15, 0.2) is 60.7 Å². The van der Waals surface area contributed by atoms with E-state index in [1.54, 1.807) is 0 Å². The maximum absolute atomic E-state index is 6.24. The Morgan fingerprint density at radius 1 is 0.810 bits per heavy atom. The number of rotatable bonds is 2. The highest BCUT2D eigenvalue weighted by atomic mass is 35.5. The van der Waals surface area contributed by atoms with Gasteiger partial charge in [0, 0.05) is 11.1 Å². The minimum absolute atomic E-state index is 0.560. The van der Waals surface area contributed by atoms with E-state index < -0.39 is 0 Å². The third-order valence-electron chi connectivity index (χ3n) is 3.56. The largest absolute Gasteiger partial charge is 0.235 e. The minimum Gasteiger partial charge on any atom is -0.235 e. The molecule has 2 aromatic carbocycles. The van der Waals surface area contributed by atoms with Gasteiger partial charge in [-0.3, -0.25) is 0 Å². The lowest BCUT2D eigenvalue weighted by Gasteiger charge is -2.12. The Hall–Kier alpha value is -2.12. The van der Waals surface area contributed by atoms with Gasteiger partial charge < -0.3 is 0 Å². The van der Waals surface area contributed by atoms with E-state index in [9.17, 15) is 0 Å². The van der Waals surface area contributed by atoms with Gasteiger partial charge in [-0.1, -0.05) is 71.8 Å². The van der Waals surface area contributed by atoms with Crippen molar-refractivity contribution < 1.29 is 0 Å². The van der Waals surface area contributed by atoms with Crippen molar-refractivity contribution in [2.24, 2.45) is 0 Å². The molecule has 104 valence electrons. The molecule has 2 heteroatoms. The molecule has 0 fully saturated rings. The van der Waals surface area contributed by atoms with Gasteiger partial charge in [0.1, 0.15) is 5.15 Å². The number of hydrogen-bond acceptors (Lipinski definition) is 1. The Labute approximate surface area is 130 Å². The van der Waals surface area contributed by atoms with Gasteiger partial charge in [0.15, 0.2) is 0 Å². The van der Waals surface area contributed by atoms with Crippen LogP contribution in [0.5, 0.6) is 0 Å². The summed E-state index contributed by atoms with van der Waals surface area (Å²) in [7, 11) is 0. The number of hydrogen-bond donors (Lipinski definition) is 0. The molecule has 0 aliphatic heterocycles. The van der Waals surface area contributed by atoms with E-state index in [0.717, 1.165) is 27.9 Å². The van der Waals surface area contributed by atoms with Gasteiger partial charge in [-0.15, -0.1) is 0 Å². The Kier molecular flexibility index (Phi) is 3.76. The molecule has 0 unspecified atom stereocenters. The van der Waals surface area contributed by atoms with E-state index in [2.05, 4.69) is 54.4 Å². The first-order chi connectivity index (χ1) is 10.1. The summed E-state index contributed by atoms with van der Waals surface area (Å²) in [4.78, 5) is 4.61. The average molecular weight is 294 g/mol. The number of nitrogens with zero attached hydrogens (tertiary/aromatic N) is 1. The van der Waals surface area contributed by atoms with E-state index in [4.69, 9.17) is 11.6 Å². The van der Waals surface area contributed by atoms with Gasteiger partial charge in [0.05, 0.1) is 5.69 Å². The summed E-state index contributed by atoms with van der Waals surface area (Å²) >= 11 is 6.24. The van der Waals surface area contributed by atoms with Crippen molar-refractivity contribution in [3.63, 3.8) is 0 Å². The van der Waals surface area contributed by atoms with Crippen molar-refractivity contribution in [2.75, 3.05) is 0 Å². The van der Waals surface area contributed by atoms with Gasteiger partial charge in [-0.2, -0.15) is 0 Å². The summed E-state index contributed by atoms with van der Waals surface area (Å²) in [5.41, 5.74) is 6.50. The Morgan fingerprint density at radius 3 is 2.14 bits per heavy atom. The third kappa shape index (κ3) is 2.84. The van der Waals surface area contributed by atoms with Gasteiger partial charge >= 0.3 is 0 Å². The highest BCUT2D eigenvalue weighted by Crippen LogP contribution is 2.33. The van der Waals surface area contributed by atoms with Gasteiger partial charge in [-0.25, -0.2) is 4.98 Å². The summed E-state index contributed by atoms with van der Waals surface area (Å²) < 4.78 is 0. The standard InChI is InChI=1S/C19H16ClN/c1-13-8-10-16(11-9-13)18-17(12-14(2)19(20)21-18)15-6-4-3-5-7-15/h3-12H,1-2H3. The molecule has 1 aromatic heterocycles. The monoisotopic (exact) mass is 293 g/mol. The van der Waals surface area contributed by atoms with Crippen LogP contribution in [0, 0.1) is 13.8 Å². The summed E-state index contributed by atoms with van der Waals surface area (Å²) in [5, 5.41) is 0.560. The molecule has 0 saturated carbocycles. The number of pyridine rings is 1. The topological polar surface area (TPSA) is 12.9 Å². The van der Waals surface area contributed by atoms with Crippen LogP contribution in [0.25, 0.3) is 22.4 Å². The molecular weight excluding hydrogens is 278 g/mol. The van der Waals surface area contributed by atoms with Crippen LogP contribution in [0.2, 0.25) is 5.15 Å². The Balaban J connectivity index is 2.24. The van der Waals surface area contributed by atoms with E-state index in [1.807, 2.05) is 25.1 Å². The normalized spacial score (nSPS) is 10.6. The van der Waals surface area contributed by atoms with Crippen molar-refractivity contribution in [2.45, 2.75) is 13.8 Å². The second-order valence-electron chi connectivity index (χ2n) is 5.22. The zero-order chi connectivity index (χ0) is 14.8. The summed E-state index contributed by atoms with van der Waals surface area (Å²) in [6.45, 7) is 4.07. The molecule has 0 spiro atoms. The lowest BCUT2D eigenvalue weighted by molar-refractivity contribution is 1.27. The number of aryl methyl sites for hydroxylation is 2. The van der Waals surface area contributed by atoms with E-state index in [0.29, 0.717) is 5.15 Å². The van der Waals surface area contributed by atoms with Crippen molar-refractivity contribution in [1.82, 2.24) is 4.98 Å². The molecular formula is C19H16ClN. The first-order valence-electron chi connectivity index (χ1n) is 6.95. The highest BCUT2D eigenvalue weighted by molar-refractivity contribution is 6.30. The molecule has 1 heterocycles. The molecule has 0 aliphatic carbocycles. The van der Waals surface area contributed by atoms with E-state index in [-0.39, 0.29) is 0 Å². The predicted octanol–water partition coefficient (Wildman–Crippen LogP) is 5.69. The van der Waals surface area contributed by atoms with Gasteiger partial charge in [0.2, 0.25) is 0 Å². The maximum atomic E-state index is 6.24. The molecule has 1 nitrogen and oxygen atoms in total. The van der Waals surface area contributed by atoms with Crippen LogP contribution < -0.4 is 0 Å². The quantitative estimate of drug-likeness (QED) is 0.553. The second kappa shape index (κ2) is 5.71. The molecule has 0 amide bonds. The lowest BCUT2D eigenvalue weighted by Crippen LogP contribution is -1.93. The zero-order valence-electron chi connectivity index (χ0n) is 12.1. The molecule has 0 radical (unpaired) electrons. The van der Waals surface area contributed by atoms with Gasteiger partial charge in [0.25, 0.3) is 0 Å². The lowest BCUT2D eigenvalue weighted by atomic mass is 9.97. The van der Waals surface area contributed by atoms with Crippen molar-refractivity contribution in [3.8, 4) is 22.4 Å². The molecule has 3 rings (SSSR count). The fourth-order valence-corrected chi connectivity index (χ4v) is 2.50. The summed E-state index contributed by atoms with van der Waals surface area (Å²) in [6.07, 6.45) is 0. The fraction of sp³-hybridized carbons (Fsp3) is 0.105. The summed E-state index contributed by atoms with van der Waals surface area (Å²) in [6, 6.07) is 20.8. The molecule has 0 aliphatic rings. The molecule has 0 bridgehead atoms. The first-order valence-corrected chi connectivity index (χ1v) is 7.32. The van der Waals surface area contributed by atoms with Crippen molar-refractivity contribution in [3.05, 3.63) is 76.9 Å². The van der Waals surface area contributed by atoms with Crippen LogP contribution in [0.4, 0.5) is 0 Å². The van der Waals surface area contributed by atoms with Crippen LogP contribution in [0.1, 0.15) is 11.1 Å². The molecule has 0 saturated heterocycles. The van der Waals surface area contributed by atoms with Crippen LogP contribution in [-0.2, 0) is 0 Å². The van der Waals surface area contributed by atoms with E-state index in [1.165, 1.54) is 5.56 Å². The molecule has 0 atom stereocenters. The molecule has 21 heavy (non-hydrogen) atoms. The van der Waals surface area contributed by atoms with Crippen LogP contribution >= 0.6 is 11.6 Å². The number of halogens is 1. The SMILES string of the molecule is Cc1ccc(-c2nc(Cl)c(C)cc2-c2ccccc2)cc1. The highest BCUT2D eigenvalue weighted by Gasteiger charge is 2.12. The maximum Gasteiger partial charge on any atom is 0.132 e. The molecule has 3 aromatic rings. The summed E-state index contributed by atoms with van der Waals surface area (Å²) in [5.74, 6) is 0. The Bertz CT molecular complexity index is 762. The second-order valence-corrected chi connectivity index (χ2v) is 5.58. The van der Waals surface area contributed by atoms with Crippen molar-refractivity contribution in [1.29, 1.82) is 0 Å². The number of aromatic nitrogens is 1. The zero-order valence-corrected chi connectivity index (χ0v) is 12.9. The van der Waals surface area contributed by atoms with Gasteiger partial charge in [-0.05, 0) is 31.0 Å². The first kappa shape index (κ1) is 13.8. The smallest absolute Gasteiger partial charge is 0.132 e. The van der Waals surface area contributed by atoms with Crippen LogP contribution in [-0.4, -0.2) is 4.98 Å². The average Bonchev–Trinajstić information content (AvgIpc) is 2.51. The Morgan fingerprint density at radius 2 is 1.48 bits per heavy atom. The van der Waals surface area contributed by atoms with E-state index >= 15 is 0 Å². The third-order valence-corrected chi connectivity index (χ3v) is 3.94. The molecule has 0 N–H and O–H groups in total. The van der Waals surface area contributed by atoms with Crippen molar-refractivity contribution >= 4 is 11.6 Å². The number of benzene rings is 2. The fourth-order valence-electron chi connectivity index (χ4n) is 2.36. The minimum atomic E-state index is 0.560. The van der Waals surface area contributed by atoms with Crippen LogP contribution in [0.3, 0.4) is 0 Å². The predicted molar refractivity (Wildman–Crippen MR) is 89.6 cm³/mol.